The maximum atomic E-state index is 13.6. The van der Waals surface area contributed by atoms with E-state index >= 15 is 0 Å². The Balaban J connectivity index is 4.34. The van der Waals surface area contributed by atoms with Crippen LogP contribution in [0.15, 0.2) is 12.7 Å². The van der Waals surface area contributed by atoms with Crippen molar-refractivity contribution in [2.45, 2.75) is 76.8 Å². The van der Waals surface area contributed by atoms with Gasteiger partial charge in [-0.1, -0.05) is 25.3 Å². The maximum absolute atomic E-state index is 13.6. The van der Waals surface area contributed by atoms with E-state index in [0.717, 1.165) is 0 Å². The summed E-state index contributed by atoms with van der Waals surface area (Å²) < 4.78 is 64.5. The molecule has 0 heterocycles. The van der Waals surface area contributed by atoms with Gasteiger partial charge in [0.15, 0.2) is 0 Å². The number of hydrogen-bond donors (Lipinski definition) is 0. The highest BCUT2D eigenvalue weighted by atomic mass is 19.4. The van der Waals surface area contributed by atoms with E-state index in [1.54, 1.807) is 0 Å². The Kier molecular flexibility index (Phi) is 7.19. The third kappa shape index (κ3) is 7.85. The lowest BCUT2D eigenvalue weighted by atomic mass is 9.86. The molecule has 0 saturated carbocycles. The van der Waals surface area contributed by atoms with Gasteiger partial charge in [0, 0.05) is 0 Å². The number of rotatable bonds is 9. The molecule has 0 amide bonds. The first-order chi connectivity index (χ1) is 8.89. The topological polar surface area (TPSA) is 0 Å². The van der Waals surface area contributed by atoms with Gasteiger partial charge in [-0.15, -0.1) is 6.58 Å². The lowest BCUT2D eigenvalue weighted by Gasteiger charge is -2.28. The van der Waals surface area contributed by atoms with E-state index < -0.39 is 29.9 Å². The van der Waals surface area contributed by atoms with Gasteiger partial charge >= 0.3 is 6.18 Å². The van der Waals surface area contributed by atoms with Gasteiger partial charge in [0.05, 0.1) is 0 Å². The van der Waals surface area contributed by atoms with Crippen molar-refractivity contribution < 1.29 is 22.0 Å². The van der Waals surface area contributed by atoms with Crippen molar-refractivity contribution in [2.24, 2.45) is 5.92 Å². The lowest BCUT2D eigenvalue weighted by Crippen LogP contribution is -2.39. The van der Waals surface area contributed by atoms with Crippen LogP contribution in [0.25, 0.3) is 0 Å². The van der Waals surface area contributed by atoms with Gasteiger partial charge in [-0.2, -0.15) is 13.2 Å². The van der Waals surface area contributed by atoms with E-state index in [4.69, 9.17) is 0 Å². The Hall–Kier alpha value is -0.610. The molecule has 120 valence electrons. The van der Waals surface area contributed by atoms with Crippen LogP contribution in [-0.4, -0.2) is 17.5 Å². The maximum Gasteiger partial charge on any atom is 0.422 e. The molecule has 0 bridgehead atoms. The van der Waals surface area contributed by atoms with Crippen molar-refractivity contribution in [2.75, 3.05) is 0 Å². The molecule has 0 radical (unpaired) electrons. The molecule has 0 aliphatic carbocycles. The van der Waals surface area contributed by atoms with Crippen LogP contribution >= 0.6 is 0 Å². The second-order valence-electron chi connectivity index (χ2n) is 6.25. The van der Waals surface area contributed by atoms with Crippen LogP contribution < -0.4 is 0 Å². The van der Waals surface area contributed by atoms with Crippen molar-refractivity contribution in [1.29, 1.82) is 0 Å². The molecule has 0 aromatic heterocycles. The molecule has 0 N–H and O–H groups in total. The standard InChI is InChI=1S/C15H25F5/c1-5-8-12(9-6-7-10-13(2,3)16)11-14(4,17)15(18,19)20/h5,12H,1,6-11H2,2-4H3. The molecule has 5 heteroatoms. The number of unbranched alkanes of at least 4 members (excludes halogenated alkanes) is 1. The van der Waals surface area contributed by atoms with Gasteiger partial charge in [0.25, 0.3) is 0 Å². The number of hydrogen-bond acceptors (Lipinski definition) is 0. The van der Waals surface area contributed by atoms with E-state index in [1.807, 2.05) is 0 Å². The van der Waals surface area contributed by atoms with Crippen LogP contribution in [0.5, 0.6) is 0 Å². The molecule has 0 aliphatic rings. The summed E-state index contributed by atoms with van der Waals surface area (Å²) in [5, 5.41) is 0. The Morgan fingerprint density at radius 2 is 1.55 bits per heavy atom. The Bertz CT molecular complexity index is 286. The second-order valence-corrected chi connectivity index (χ2v) is 6.25. The summed E-state index contributed by atoms with van der Waals surface area (Å²) in [5.74, 6) is -0.410. The molecule has 0 aromatic carbocycles. The zero-order chi connectivity index (χ0) is 16.0. The highest BCUT2D eigenvalue weighted by molar-refractivity contribution is 4.87. The summed E-state index contributed by atoms with van der Waals surface area (Å²) in [6.45, 7) is 7.01. The van der Waals surface area contributed by atoms with Crippen molar-refractivity contribution in [3.8, 4) is 0 Å². The molecule has 0 spiro atoms. The zero-order valence-corrected chi connectivity index (χ0v) is 12.5. The molecule has 0 rings (SSSR count). The molecule has 0 fully saturated rings. The summed E-state index contributed by atoms with van der Waals surface area (Å²) >= 11 is 0. The molecule has 0 aliphatic heterocycles. The summed E-state index contributed by atoms with van der Waals surface area (Å²) in [6, 6.07) is 0. The van der Waals surface area contributed by atoms with Crippen LogP contribution in [-0.2, 0) is 0 Å². The quantitative estimate of drug-likeness (QED) is 0.271. The van der Waals surface area contributed by atoms with Gasteiger partial charge in [0.2, 0.25) is 5.67 Å². The van der Waals surface area contributed by atoms with Crippen molar-refractivity contribution in [1.82, 2.24) is 0 Å². The fourth-order valence-corrected chi connectivity index (χ4v) is 2.18. The first-order valence-electron chi connectivity index (χ1n) is 6.94. The van der Waals surface area contributed by atoms with E-state index in [1.165, 1.54) is 19.9 Å². The fourth-order valence-electron chi connectivity index (χ4n) is 2.18. The number of allylic oxidation sites excluding steroid dienone is 1. The monoisotopic (exact) mass is 300 g/mol. The van der Waals surface area contributed by atoms with Crippen LogP contribution in [0.2, 0.25) is 0 Å². The highest BCUT2D eigenvalue weighted by Gasteiger charge is 2.52. The molecule has 0 aromatic rings. The summed E-state index contributed by atoms with van der Waals surface area (Å²) in [6.07, 6.45) is -1.57. The Morgan fingerprint density at radius 1 is 1.00 bits per heavy atom. The molecule has 2 atom stereocenters. The van der Waals surface area contributed by atoms with Crippen molar-refractivity contribution in [3.63, 3.8) is 0 Å². The van der Waals surface area contributed by atoms with Crippen LogP contribution in [0, 0.1) is 5.92 Å². The van der Waals surface area contributed by atoms with Crippen molar-refractivity contribution in [3.05, 3.63) is 12.7 Å². The number of halogens is 5. The minimum Gasteiger partial charge on any atom is -0.245 e. The van der Waals surface area contributed by atoms with Crippen LogP contribution in [0.3, 0.4) is 0 Å². The average molecular weight is 300 g/mol. The van der Waals surface area contributed by atoms with Gasteiger partial charge in [-0.25, -0.2) is 8.78 Å². The first kappa shape index (κ1) is 19.4. The second kappa shape index (κ2) is 7.41. The largest absolute Gasteiger partial charge is 0.422 e. The molecule has 20 heavy (non-hydrogen) atoms. The van der Waals surface area contributed by atoms with Crippen LogP contribution in [0.1, 0.15) is 59.3 Å². The fraction of sp³-hybridized carbons (Fsp3) is 0.867. The van der Waals surface area contributed by atoms with Gasteiger partial charge < -0.3 is 0 Å². The first-order valence-corrected chi connectivity index (χ1v) is 6.94. The molecule has 0 saturated heterocycles. The predicted molar refractivity (Wildman–Crippen MR) is 72.1 cm³/mol. The molecule has 0 nitrogen and oxygen atoms in total. The van der Waals surface area contributed by atoms with Gasteiger partial charge in [-0.3, -0.25) is 0 Å². The highest BCUT2D eigenvalue weighted by Crippen LogP contribution is 2.40. The zero-order valence-electron chi connectivity index (χ0n) is 12.5. The van der Waals surface area contributed by atoms with Crippen molar-refractivity contribution >= 4 is 0 Å². The third-order valence-corrected chi connectivity index (χ3v) is 3.40. The molecular formula is C15H25F5. The summed E-state index contributed by atoms with van der Waals surface area (Å²) in [7, 11) is 0. The summed E-state index contributed by atoms with van der Waals surface area (Å²) in [4.78, 5) is 0. The minimum absolute atomic E-state index is 0.342. The summed E-state index contributed by atoms with van der Waals surface area (Å²) in [5.41, 5.74) is -4.45. The van der Waals surface area contributed by atoms with E-state index in [2.05, 4.69) is 6.58 Å². The number of alkyl halides is 5. The van der Waals surface area contributed by atoms with E-state index in [9.17, 15) is 22.0 Å². The Labute approximate surface area is 118 Å². The van der Waals surface area contributed by atoms with Crippen LogP contribution in [0.4, 0.5) is 22.0 Å². The smallest absolute Gasteiger partial charge is 0.245 e. The normalized spacial score (nSPS) is 17.6. The van der Waals surface area contributed by atoms with Gasteiger partial charge in [-0.05, 0) is 46.0 Å². The predicted octanol–water partition coefficient (Wildman–Crippen LogP) is 6.17. The minimum atomic E-state index is -4.85. The lowest BCUT2D eigenvalue weighted by molar-refractivity contribution is -0.229. The van der Waals surface area contributed by atoms with E-state index in [-0.39, 0.29) is 0 Å². The molecule has 2 unspecified atom stereocenters. The van der Waals surface area contributed by atoms with Gasteiger partial charge in [0.1, 0.15) is 5.67 Å². The molecular weight excluding hydrogens is 275 g/mol. The SMILES string of the molecule is C=CCC(CCCCC(C)(C)F)CC(C)(F)C(F)(F)F. The Morgan fingerprint density at radius 3 is 1.95 bits per heavy atom. The van der Waals surface area contributed by atoms with E-state index in [0.29, 0.717) is 39.0 Å². The third-order valence-electron chi connectivity index (χ3n) is 3.40. The average Bonchev–Trinajstić information content (AvgIpc) is 2.21.